The summed E-state index contributed by atoms with van der Waals surface area (Å²) in [5, 5.41) is 7.97. The number of hydrogen-bond acceptors (Lipinski definition) is 9. The normalized spacial score (nSPS) is 16.2. The quantitative estimate of drug-likeness (QED) is 0.169. The lowest BCUT2D eigenvalue weighted by Gasteiger charge is -2.33. The second-order valence-electron chi connectivity index (χ2n) is 11.0. The van der Waals surface area contributed by atoms with Crippen molar-refractivity contribution in [3.8, 4) is 0 Å². The molecular weight excluding hydrogens is 590 g/mol. The second kappa shape index (κ2) is 16.8. The predicted octanol–water partition coefficient (Wildman–Crippen LogP) is 2.27. The zero-order valence-electron chi connectivity index (χ0n) is 25.4. The highest BCUT2D eigenvalue weighted by atomic mass is 32.2. The molecule has 1 fully saturated rings. The summed E-state index contributed by atoms with van der Waals surface area (Å²) >= 11 is 0. The molecule has 3 rings (SSSR count). The van der Waals surface area contributed by atoms with E-state index in [2.05, 4.69) is 16.0 Å². The molecule has 0 saturated carbocycles. The maximum atomic E-state index is 13.9. The summed E-state index contributed by atoms with van der Waals surface area (Å²) in [6.45, 7) is 5.93. The molecule has 1 aliphatic heterocycles. The number of amides is 3. The monoisotopic (exact) mass is 633 g/mol. The Labute approximate surface area is 258 Å². The van der Waals surface area contributed by atoms with Crippen molar-refractivity contribution in [3.63, 3.8) is 0 Å². The van der Waals surface area contributed by atoms with Gasteiger partial charge in [-0.15, -0.1) is 0 Å². The van der Waals surface area contributed by atoms with Crippen LogP contribution in [0.1, 0.15) is 32.8 Å². The van der Waals surface area contributed by atoms with E-state index < -0.39 is 40.5 Å². The number of sulfonamides is 1. The number of nitrogens with two attached hydrogens (primary N) is 1. The summed E-state index contributed by atoms with van der Waals surface area (Å²) in [5.74, 6) is -0.341. The molecule has 0 unspecified atom stereocenters. The molecule has 44 heavy (non-hydrogen) atoms. The largest absolute Gasteiger partial charge is 0.444 e. The van der Waals surface area contributed by atoms with Gasteiger partial charge in [-0.05, 0) is 42.2 Å². The molecule has 242 valence electrons. The van der Waals surface area contributed by atoms with Gasteiger partial charge >= 0.3 is 12.2 Å². The van der Waals surface area contributed by atoms with Crippen LogP contribution in [0.4, 0.5) is 15.3 Å². The molecule has 0 bridgehead atoms. The van der Waals surface area contributed by atoms with Crippen LogP contribution in [0.25, 0.3) is 0 Å². The van der Waals surface area contributed by atoms with Gasteiger partial charge in [0, 0.05) is 38.7 Å². The Kier molecular flexibility index (Phi) is 13.2. The molecular formula is C30H43N5O8S. The molecule has 2 aromatic rings. The van der Waals surface area contributed by atoms with Crippen molar-refractivity contribution in [1.29, 1.82) is 0 Å². The van der Waals surface area contributed by atoms with Crippen LogP contribution < -0.4 is 21.7 Å². The van der Waals surface area contributed by atoms with Gasteiger partial charge < -0.3 is 35.9 Å². The van der Waals surface area contributed by atoms with Crippen LogP contribution in [0.2, 0.25) is 0 Å². The molecule has 2 aromatic carbocycles. The van der Waals surface area contributed by atoms with Gasteiger partial charge in [0.15, 0.2) is 0 Å². The first kappa shape index (κ1) is 34.6. The molecule has 13 nitrogen and oxygen atoms in total. The van der Waals surface area contributed by atoms with Gasteiger partial charge in [-0.3, -0.25) is 4.79 Å². The van der Waals surface area contributed by atoms with Gasteiger partial charge in [-0.2, -0.15) is 4.31 Å². The van der Waals surface area contributed by atoms with Gasteiger partial charge in [-0.25, -0.2) is 18.0 Å². The molecule has 3 amide bonds. The smallest absolute Gasteiger partial charge is 0.407 e. The lowest BCUT2D eigenvalue weighted by molar-refractivity contribution is -0.118. The number of nitrogens with zero attached hydrogens (tertiary/aromatic N) is 1. The number of carbonyl (C=O) groups is 3. The molecule has 1 heterocycles. The molecule has 3 atom stereocenters. The van der Waals surface area contributed by atoms with Crippen LogP contribution in [0.15, 0.2) is 59.5 Å². The number of alkyl carbamates (subject to hydrolysis) is 2. The molecule has 5 N–H and O–H groups in total. The molecule has 14 heteroatoms. The summed E-state index contributed by atoms with van der Waals surface area (Å²) in [6.07, 6.45) is -2.39. The number of nitrogens with one attached hydrogen (secondary N) is 3. The van der Waals surface area contributed by atoms with Gasteiger partial charge in [-0.1, -0.05) is 44.2 Å². The minimum absolute atomic E-state index is 0.0269. The van der Waals surface area contributed by atoms with E-state index in [1.54, 1.807) is 0 Å². The zero-order valence-corrected chi connectivity index (χ0v) is 26.2. The molecule has 1 saturated heterocycles. The van der Waals surface area contributed by atoms with Crippen molar-refractivity contribution in [2.45, 2.75) is 56.8 Å². The van der Waals surface area contributed by atoms with Crippen molar-refractivity contribution in [1.82, 2.24) is 20.3 Å². The van der Waals surface area contributed by atoms with E-state index in [1.807, 2.05) is 44.2 Å². The van der Waals surface area contributed by atoms with Crippen molar-refractivity contribution in [2.75, 3.05) is 45.1 Å². The molecule has 0 spiro atoms. The average Bonchev–Trinajstić information content (AvgIpc) is 3.47. The van der Waals surface area contributed by atoms with Crippen LogP contribution in [0.5, 0.6) is 0 Å². The highest BCUT2D eigenvalue weighted by Gasteiger charge is 2.35. The summed E-state index contributed by atoms with van der Waals surface area (Å²) in [6, 6.07) is 14.2. The van der Waals surface area contributed by atoms with E-state index in [0.29, 0.717) is 18.7 Å². The number of nitrogen functional groups attached to an aromatic ring is 1. The number of ether oxygens (including phenoxy) is 3. The highest BCUT2D eigenvalue weighted by Crippen LogP contribution is 2.22. The van der Waals surface area contributed by atoms with Crippen LogP contribution in [0.3, 0.4) is 0 Å². The number of benzene rings is 2. The fraction of sp³-hybridized carbons (Fsp3) is 0.500. The maximum absolute atomic E-state index is 13.9. The third kappa shape index (κ3) is 11.3. The topological polar surface area (TPSA) is 178 Å². The third-order valence-corrected chi connectivity index (χ3v) is 8.55. The lowest BCUT2D eigenvalue weighted by atomic mass is 10.0. The van der Waals surface area contributed by atoms with Crippen LogP contribution in [0, 0.1) is 5.92 Å². The Balaban J connectivity index is 1.94. The SMILES string of the molecule is CC(=O)NCCNC(=O)O[C@@H](CN(CC(C)C)S(=O)(=O)c1ccc(N)cc1)[C@@H](Cc1ccccc1)NC(=O)O[C@H]1CCOC1. The van der Waals surface area contributed by atoms with E-state index in [1.165, 1.54) is 35.5 Å². The summed E-state index contributed by atoms with van der Waals surface area (Å²) in [4.78, 5) is 37.3. The Morgan fingerprint density at radius 1 is 1.00 bits per heavy atom. The standard InChI is InChI=1S/C30H43N5O8S/c1-21(2)18-35(44(39,40)26-11-9-24(31)10-12-26)19-28(43-29(37)33-15-14-32-22(3)36)27(17-23-7-5-4-6-8-23)34-30(38)42-25-13-16-41-20-25/h4-12,21,25,27-28H,13-20,31H2,1-3H3,(H,32,36)(H,33,37)(H,34,38)/t25-,27+,28-/m0/s1. The fourth-order valence-corrected chi connectivity index (χ4v) is 6.20. The number of rotatable bonds is 15. The maximum Gasteiger partial charge on any atom is 0.407 e. The zero-order chi connectivity index (χ0) is 32.1. The molecule has 0 aliphatic carbocycles. The number of hydrogen-bond donors (Lipinski definition) is 4. The first-order valence-electron chi connectivity index (χ1n) is 14.6. The summed E-state index contributed by atoms with van der Waals surface area (Å²) in [7, 11) is -4.07. The Bertz CT molecular complexity index is 1320. The minimum atomic E-state index is -4.07. The molecule has 1 aliphatic rings. The van der Waals surface area contributed by atoms with Crippen molar-refractivity contribution >= 4 is 33.8 Å². The summed E-state index contributed by atoms with van der Waals surface area (Å²) < 4.78 is 45.7. The Hall–Kier alpha value is -3.88. The van der Waals surface area contributed by atoms with Crippen molar-refractivity contribution in [2.24, 2.45) is 5.92 Å². The van der Waals surface area contributed by atoms with Crippen LogP contribution in [-0.2, 0) is 35.4 Å². The van der Waals surface area contributed by atoms with Gasteiger partial charge in [0.05, 0.1) is 30.7 Å². The third-order valence-electron chi connectivity index (χ3n) is 6.71. The van der Waals surface area contributed by atoms with Crippen molar-refractivity contribution in [3.05, 3.63) is 60.2 Å². The lowest BCUT2D eigenvalue weighted by Crippen LogP contribution is -2.54. The van der Waals surface area contributed by atoms with E-state index in [-0.39, 0.29) is 55.9 Å². The first-order valence-corrected chi connectivity index (χ1v) is 16.0. The number of carbonyl (C=O) groups excluding carboxylic acids is 3. The van der Waals surface area contributed by atoms with Crippen LogP contribution >= 0.6 is 0 Å². The highest BCUT2D eigenvalue weighted by molar-refractivity contribution is 7.89. The van der Waals surface area contributed by atoms with E-state index in [4.69, 9.17) is 19.9 Å². The fourth-order valence-electron chi connectivity index (χ4n) is 4.58. The van der Waals surface area contributed by atoms with E-state index in [0.717, 1.165) is 5.56 Å². The molecule has 0 aromatic heterocycles. The van der Waals surface area contributed by atoms with E-state index >= 15 is 0 Å². The van der Waals surface area contributed by atoms with Gasteiger partial charge in [0.2, 0.25) is 15.9 Å². The van der Waals surface area contributed by atoms with Gasteiger partial charge in [0.25, 0.3) is 0 Å². The van der Waals surface area contributed by atoms with Crippen molar-refractivity contribution < 1.29 is 37.0 Å². The predicted molar refractivity (Wildman–Crippen MR) is 164 cm³/mol. The molecule has 0 radical (unpaired) electrons. The summed E-state index contributed by atoms with van der Waals surface area (Å²) in [5.41, 5.74) is 7.02. The average molecular weight is 634 g/mol. The second-order valence-corrected chi connectivity index (χ2v) is 12.9. The Morgan fingerprint density at radius 3 is 2.30 bits per heavy atom. The first-order chi connectivity index (χ1) is 20.9. The number of anilines is 1. The Morgan fingerprint density at radius 2 is 1.68 bits per heavy atom. The minimum Gasteiger partial charge on any atom is -0.444 e. The van der Waals surface area contributed by atoms with E-state index in [9.17, 15) is 22.8 Å². The van der Waals surface area contributed by atoms with Gasteiger partial charge in [0.1, 0.15) is 12.2 Å². The van der Waals surface area contributed by atoms with Crippen LogP contribution in [-0.4, -0.2) is 88.5 Å².